The molecule has 0 aliphatic carbocycles. The van der Waals surface area contributed by atoms with Crippen LogP contribution in [0.25, 0.3) is 0 Å². The number of sulfonamides is 1. The van der Waals surface area contributed by atoms with Gasteiger partial charge in [-0.25, -0.2) is 12.8 Å². The number of nitrogens with zero attached hydrogens (tertiary/aromatic N) is 2. The highest BCUT2D eigenvalue weighted by Gasteiger charge is 2.34. The van der Waals surface area contributed by atoms with Crippen LogP contribution in [-0.2, 0) is 26.2 Å². The predicted molar refractivity (Wildman–Crippen MR) is 152 cm³/mol. The van der Waals surface area contributed by atoms with Crippen LogP contribution in [0.2, 0.25) is 10.0 Å². The fourth-order valence-electron chi connectivity index (χ4n) is 3.98. The molecule has 0 saturated heterocycles. The van der Waals surface area contributed by atoms with Gasteiger partial charge in [-0.05, 0) is 68.3 Å². The molecule has 0 aliphatic heterocycles. The number of anilines is 1. The Bertz CT molecular complexity index is 1400. The molecule has 0 fully saturated rings. The van der Waals surface area contributed by atoms with Gasteiger partial charge in [0.25, 0.3) is 10.0 Å². The number of nitrogens with one attached hydrogen (secondary N) is 1. The van der Waals surface area contributed by atoms with E-state index in [-0.39, 0.29) is 45.5 Å². The van der Waals surface area contributed by atoms with Gasteiger partial charge in [0.1, 0.15) is 18.4 Å². The normalized spacial score (nSPS) is 12.2. The van der Waals surface area contributed by atoms with E-state index in [1.54, 1.807) is 39.0 Å². The first-order valence-electron chi connectivity index (χ1n) is 12.3. The van der Waals surface area contributed by atoms with Gasteiger partial charge in [0.05, 0.1) is 20.6 Å². The Morgan fingerprint density at radius 1 is 0.949 bits per heavy atom. The highest BCUT2D eigenvalue weighted by Crippen LogP contribution is 2.31. The van der Waals surface area contributed by atoms with Crippen molar-refractivity contribution in [1.29, 1.82) is 0 Å². The lowest BCUT2D eigenvalue weighted by Gasteiger charge is -2.33. The Kier molecular flexibility index (Phi) is 10.4. The Morgan fingerprint density at radius 2 is 1.59 bits per heavy atom. The number of hydrogen-bond donors (Lipinski definition) is 1. The summed E-state index contributed by atoms with van der Waals surface area (Å²) in [7, 11) is -4.23. The summed E-state index contributed by atoms with van der Waals surface area (Å²) in [5.74, 6) is -1.45. The lowest BCUT2D eigenvalue weighted by molar-refractivity contribution is -0.140. The van der Waals surface area contributed by atoms with Crippen LogP contribution in [0.5, 0.6) is 0 Å². The molecule has 11 heteroatoms. The first-order valence-corrected chi connectivity index (χ1v) is 14.5. The summed E-state index contributed by atoms with van der Waals surface area (Å²) in [6.45, 7) is 4.70. The van der Waals surface area contributed by atoms with Gasteiger partial charge in [0.15, 0.2) is 0 Å². The Hall–Kier alpha value is -3.14. The van der Waals surface area contributed by atoms with E-state index in [1.807, 2.05) is 0 Å². The number of rotatable bonds is 11. The van der Waals surface area contributed by atoms with E-state index in [2.05, 4.69) is 5.32 Å². The SMILES string of the molecule is CCC(C(=O)NC(C)C)N(Cc1ccc(F)cc1)C(=O)CN(c1ccc(Cl)c(Cl)c1)S(=O)(=O)c1ccccc1. The van der Waals surface area contributed by atoms with Crippen LogP contribution in [0.15, 0.2) is 77.7 Å². The summed E-state index contributed by atoms with van der Waals surface area (Å²) in [5.41, 5.74) is 0.704. The Balaban J connectivity index is 2.07. The van der Waals surface area contributed by atoms with Crippen molar-refractivity contribution in [3.8, 4) is 0 Å². The van der Waals surface area contributed by atoms with Gasteiger partial charge in [-0.2, -0.15) is 0 Å². The molecular weight excluding hydrogens is 564 g/mol. The van der Waals surface area contributed by atoms with Gasteiger partial charge in [-0.1, -0.05) is 60.5 Å². The number of benzene rings is 3. The quantitative estimate of drug-likeness (QED) is 0.311. The Labute approximate surface area is 238 Å². The molecule has 0 spiro atoms. The highest BCUT2D eigenvalue weighted by molar-refractivity contribution is 7.92. The lowest BCUT2D eigenvalue weighted by atomic mass is 10.1. The zero-order chi connectivity index (χ0) is 28.7. The van der Waals surface area contributed by atoms with Gasteiger partial charge >= 0.3 is 0 Å². The van der Waals surface area contributed by atoms with Crippen molar-refractivity contribution >= 4 is 50.7 Å². The van der Waals surface area contributed by atoms with E-state index in [9.17, 15) is 22.4 Å². The van der Waals surface area contributed by atoms with E-state index in [1.165, 1.54) is 59.5 Å². The second-order valence-corrected chi connectivity index (χ2v) is 11.8. The highest BCUT2D eigenvalue weighted by atomic mass is 35.5. The van der Waals surface area contributed by atoms with Gasteiger partial charge in [0, 0.05) is 12.6 Å². The maximum Gasteiger partial charge on any atom is 0.264 e. The molecule has 1 atom stereocenters. The number of carbonyl (C=O) groups excluding carboxylic acids is 2. The number of amides is 2. The van der Waals surface area contributed by atoms with Crippen LogP contribution in [0, 0.1) is 5.82 Å². The van der Waals surface area contributed by atoms with E-state index in [0.717, 1.165) is 4.31 Å². The molecule has 3 rings (SSSR count). The van der Waals surface area contributed by atoms with Crippen LogP contribution in [0.4, 0.5) is 10.1 Å². The van der Waals surface area contributed by atoms with Crippen molar-refractivity contribution in [2.75, 3.05) is 10.8 Å². The van der Waals surface area contributed by atoms with Gasteiger partial charge in [-0.15, -0.1) is 0 Å². The molecule has 1 unspecified atom stereocenters. The average molecular weight is 595 g/mol. The fraction of sp³-hybridized carbons (Fsp3) is 0.286. The smallest absolute Gasteiger partial charge is 0.264 e. The molecule has 3 aromatic rings. The van der Waals surface area contributed by atoms with E-state index in [0.29, 0.717) is 5.56 Å². The van der Waals surface area contributed by atoms with Crippen LogP contribution in [-0.4, -0.2) is 43.8 Å². The van der Waals surface area contributed by atoms with E-state index < -0.39 is 34.3 Å². The summed E-state index contributed by atoms with van der Waals surface area (Å²) in [6.07, 6.45) is 0.268. The standard InChI is InChI=1S/C28H30Cl2FN3O4S/c1-4-26(28(36)32-19(2)3)33(17-20-10-12-21(31)13-11-20)27(35)18-34(22-14-15-24(29)25(30)16-22)39(37,38)23-8-6-5-7-9-23/h5-16,19,26H,4,17-18H2,1-3H3,(H,32,36). The third kappa shape index (κ3) is 7.71. The first kappa shape index (κ1) is 30.4. The summed E-state index contributed by atoms with van der Waals surface area (Å²) >= 11 is 12.3. The minimum atomic E-state index is -4.23. The minimum Gasteiger partial charge on any atom is -0.352 e. The molecule has 1 N–H and O–H groups in total. The van der Waals surface area contributed by atoms with Crippen LogP contribution < -0.4 is 9.62 Å². The summed E-state index contributed by atoms with van der Waals surface area (Å²) < 4.78 is 42.0. The van der Waals surface area contributed by atoms with Crippen LogP contribution in [0.1, 0.15) is 32.8 Å². The number of halogens is 3. The zero-order valence-electron chi connectivity index (χ0n) is 21.8. The van der Waals surface area contributed by atoms with Crippen molar-refractivity contribution in [2.45, 2.75) is 50.7 Å². The number of hydrogen-bond acceptors (Lipinski definition) is 4. The van der Waals surface area contributed by atoms with Crippen LogP contribution in [0.3, 0.4) is 0 Å². The maximum absolute atomic E-state index is 13.9. The first-order chi connectivity index (χ1) is 18.4. The van der Waals surface area contributed by atoms with Gasteiger partial charge in [0.2, 0.25) is 11.8 Å². The minimum absolute atomic E-state index is 0.0291. The fourth-order valence-corrected chi connectivity index (χ4v) is 5.69. The molecule has 0 radical (unpaired) electrons. The molecule has 3 aromatic carbocycles. The molecule has 0 aromatic heterocycles. The third-order valence-corrected chi connectivity index (χ3v) is 8.41. The molecule has 7 nitrogen and oxygen atoms in total. The molecule has 0 saturated carbocycles. The number of carbonyl (C=O) groups is 2. The van der Waals surface area contributed by atoms with Crippen molar-refractivity contribution in [3.63, 3.8) is 0 Å². The summed E-state index contributed by atoms with van der Waals surface area (Å²) in [5, 5.41) is 3.15. The van der Waals surface area contributed by atoms with E-state index >= 15 is 0 Å². The molecule has 0 bridgehead atoms. The second kappa shape index (κ2) is 13.3. The Morgan fingerprint density at radius 3 is 2.15 bits per heavy atom. The van der Waals surface area contributed by atoms with Crippen molar-refractivity contribution in [1.82, 2.24) is 10.2 Å². The topological polar surface area (TPSA) is 86.8 Å². The van der Waals surface area contributed by atoms with Crippen molar-refractivity contribution < 1.29 is 22.4 Å². The third-order valence-electron chi connectivity index (χ3n) is 5.88. The summed E-state index contributed by atoms with van der Waals surface area (Å²) in [4.78, 5) is 28.3. The van der Waals surface area contributed by atoms with Crippen LogP contribution >= 0.6 is 23.2 Å². The molecule has 0 heterocycles. The molecule has 0 aliphatic rings. The second-order valence-electron chi connectivity index (χ2n) is 9.16. The largest absolute Gasteiger partial charge is 0.352 e. The predicted octanol–water partition coefficient (Wildman–Crippen LogP) is 5.66. The maximum atomic E-state index is 13.9. The molecule has 39 heavy (non-hydrogen) atoms. The van der Waals surface area contributed by atoms with Crippen molar-refractivity contribution in [3.05, 3.63) is 94.2 Å². The monoisotopic (exact) mass is 593 g/mol. The van der Waals surface area contributed by atoms with Crippen molar-refractivity contribution in [2.24, 2.45) is 0 Å². The molecule has 2 amide bonds. The average Bonchev–Trinajstić information content (AvgIpc) is 2.90. The summed E-state index contributed by atoms with van der Waals surface area (Å²) in [6, 6.07) is 16.4. The molecular formula is C28H30Cl2FN3O4S. The van der Waals surface area contributed by atoms with Gasteiger partial charge < -0.3 is 10.2 Å². The molecule has 208 valence electrons. The zero-order valence-corrected chi connectivity index (χ0v) is 24.1. The van der Waals surface area contributed by atoms with E-state index in [4.69, 9.17) is 23.2 Å². The lowest BCUT2D eigenvalue weighted by Crippen LogP contribution is -2.53. The van der Waals surface area contributed by atoms with Gasteiger partial charge in [-0.3, -0.25) is 13.9 Å².